The number of benzene rings is 1. The predicted octanol–water partition coefficient (Wildman–Crippen LogP) is 3.35. The summed E-state index contributed by atoms with van der Waals surface area (Å²) >= 11 is 0. The quantitative estimate of drug-likeness (QED) is 0.725. The molecule has 0 N–H and O–H groups in total. The third kappa shape index (κ3) is 2.95. The first-order valence-corrected chi connectivity index (χ1v) is 7.81. The van der Waals surface area contributed by atoms with Gasteiger partial charge in [-0.25, -0.2) is 4.98 Å². The summed E-state index contributed by atoms with van der Waals surface area (Å²) < 4.78 is 7.58. The van der Waals surface area contributed by atoms with Gasteiger partial charge in [-0.2, -0.15) is 4.52 Å². The van der Waals surface area contributed by atoms with Gasteiger partial charge < -0.3 is 4.74 Å². The zero-order chi connectivity index (χ0) is 15.8. The van der Waals surface area contributed by atoms with Gasteiger partial charge in [0.2, 0.25) is 5.88 Å². The molecule has 0 unspecified atom stereocenters. The fourth-order valence-corrected chi connectivity index (χ4v) is 2.58. The highest BCUT2D eigenvalue weighted by atomic mass is 16.5. The van der Waals surface area contributed by atoms with Crippen molar-refractivity contribution in [1.29, 1.82) is 0 Å². The molecular weight excluding hydrogens is 290 g/mol. The Bertz CT molecular complexity index is 881. The number of carbonyl (C=O) groups is 1. The van der Waals surface area contributed by atoms with Crippen LogP contribution in [0.1, 0.15) is 24.2 Å². The summed E-state index contributed by atoms with van der Waals surface area (Å²) in [6.45, 7) is 2.02. The van der Waals surface area contributed by atoms with Gasteiger partial charge in [0.05, 0.1) is 6.42 Å². The van der Waals surface area contributed by atoms with Crippen LogP contribution in [0.2, 0.25) is 0 Å². The zero-order valence-corrected chi connectivity index (χ0v) is 12.9. The van der Waals surface area contributed by atoms with Crippen LogP contribution in [0, 0.1) is 12.8 Å². The number of hydrogen-bond donors (Lipinski definition) is 0. The molecule has 0 aliphatic heterocycles. The molecular formula is C18H17N3O2. The number of ketones is 1. The highest BCUT2D eigenvalue weighted by Gasteiger charge is 2.30. The average molecular weight is 307 g/mol. The van der Waals surface area contributed by atoms with E-state index in [4.69, 9.17) is 4.74 Å². The molecule has 0 spiro atoms. The minimum Gasteiger partial charge on any atom is -0.439 e. The highest BCUT2D eigenvalue weighted by molar-refractivity contribution is 5.84. The number of ether oxygens (including phenoxy) is 1. The second-order valence-electron chi connectivity index (χ2n) is 6.00. The van der Waals surface area contributed by atoms with Gasteiger partial charge in [0, 0.05) is 12.0 Å². The molecule has 0 radical (unpaired) electrons. The van der Waals surface area contributed by atoms with Crippen molar-refractivity contribution in [2.24, 2.45) is 5.92 Å². The van der Waals surface area contributed by atoms with Crippen LogP contribution in [-0.2, 0) is 11.2 Å². The summed E-state index contributed by atoms with van der Waals surface area (Å²) in [5, 5.41) is 4.44. The number of carbonyl (C=O) groups excluding carboxylic acids is 1. The lowest BCUT2D eigenvalue weighted by molar-refractivity contribution is -0.119. The van der Waals surface area contributed by atoms with Gasteiger partial charge in [-0.05, 0) is 43.5 Å². The highest BCUT2D eigenvalue weighted by Crippen LogP contribution is 2.30. The molecule has 0 atom stereocenters. The molecule has 116 valence electrons. The van der Waals surface area contributed by atoms with E-state index >= 15 is 0 Å². The van der Waals surface area contributed by atoms with Gasteiger partial charge in [-0.1, -0.05) is 18.2 Å². The third-order valence-corrected chi connectivity index (χ3v) is 3.95. The number of fused-ring (bicyclic) bond motifs is 1. The number of rotatable bonds is 5. The molecule has 2 aromatic heterocycles. The SMILES string of the molecule is Cc1cccc(Oc2cccc3nc(CC(=O)C4CC4)nn23)c1. The third-order valence-electron chi connectivity index (χ3n) is 3.95. The molecule has 3 aromatic rings. The summed E-state index contributed by atoms with van der Waals surface area (Å²) in [6, 6.07) is 13.4. The Morgan fingerprint density at radius 3 is 2.87 bits per heavy atom. The Morgan fingerprint density at radius 1 is 1.26 bits per heavy atom. The van der Waals surface area contributed by atoms with Gasteiger partial charge >= 0.3 is 0 Å². The molecule has 0 saturated heterocycles. The fraction of sp³-hybridized carbons (Fsp3) is 0.278. The van der Waals surface area contributed by atoms with Crippen molar-refractivity contribution in [1.82, 2.24) is 14.6 Å². The predicted molar refractivity (Wildman–Crippen MR) is 85.7 cm³/mol. The summed E-state index contributed by atoms with van der Waals surface area (Å²) in [6.07, 6.45) is 2.32. The number of aryl methyl sites for hydroxylation is 1. The molecule has 2 heterocycles. The van der Waals surface area contributed by atoms with Crippen molar-refractivity contribution in [3.63, 3.8) is 0 Å². The van der Waals surface area contributed by atoms with Crippen molar-refractivity contribution in [2.75, 3.05) is 0 Å². The van der Waals surface area contributed by atoms with Crippen LogP contribution >= 0.6 is 0 Å². The Labute approximate surface area is 133 Å². The smallest absolute Gasteiger partial charge is 0.222 e. The molecule has 4 rings (SSSR count). The standard InChI is InChI=1S/C18H17N3O2/c1-12-4-2-5-14(10-12)23-18-7-3-6-17-19-16(20-21(17)18)11-15(22)13-8-9-13/h2-7,10,13H,8-9,11H2,1H3. The maximum Gasteiger partial charge on any atom is 0.222 e. The normalized spacial score (nSPS) is 14.1. The molecule has 0 amide bonds. The first kappa shape index (κ1) is 13.9. The second kappa shape index (κ2) is 5.50. The van der Waals surface area contributed by atoms with Crippen molar-refractivity contribution in [3.8, 4) is 11.6 Å². The van der Waals surface area contributed by atoms with Crippen LogP contribution in [0.15, 0.2) is 42.5 Å². The van der Waals surface area contributed by atoms with Crippen LogP contribution in [-0.4, -0.2) is 20.4 Å². The molecule has 5 nitrogen and oxygen atoms in total. The second-order valence-corrected chi connectivity index (χ2v) is 6.00. The number of nitrogens with zero attached hydrogens (tertiary/aromatic N) is 3. The molecule has 5 heteroatoms. The maximum absolute atomic E-state index is 11.9. The first-order chi connectivity index (χ1) is 11.2. The van der Waals surface area contributed by atoms with E-state index in [1.54, 1.807) is 4.52 Å². The van der Waals surface area contributed by atoms with Crippen molar-refractivity contribution < 1.29 is 9.53 Å². The monoisotopic (exact) mass is 307 g/mol. The molecule has 1 saturated carbocycles. The lowest BCUT2D eigenvalue weighted by Crippen LogP contribution is -2.06. The first-order valence-electron chi connectivity index (χ1n) is 7.81. The van der Waals surface area contributed by atoms with E-state index in [1.807, 2.05) is 49.4 Å². The van der Waals surface area contributed by atoms with E-state index in [9.17, 15) is 4.79 Å². The van der Waals surface area contributed by atoms with Crippen molar-refractivity contribution >= 4 is 11.4 Å². The van der Waals surface area contributed by atoms with Crippen LogP contribution in [0.25, 0.3) is 5.65 Å². The fourth-order valence-electron chi connectivity index (χ4n) is 2.58. The number of aromatic nitrogens is 3. The van der Waals surface area contributed by atoms with Crippen LogP contribution in [0.5, 0.6) is 11.6 Å². The summed E-state index contributed by atoms with van der Waals surface area (Å²) in [5.41, 5.74) is 1.82. The number of pyridine rings is 1. The van der Waals surface area contributed by atoms with Gasteiger partial charge in [-0.3, -0.25) is 4.79 Å². The average Bonchev–Trinajstić information content (AvgIpc) is 3.29. The zero-order valence-electron chi connectivity index (χ0n) is 12.9. The van der Waals surface area contributed by atoms with E-state index in [0.717, 1.165) is 24.2 Å². The van der Waals surface area contributed by atoms with Crippen LogP contribution in [0.3, 0.4) is 0 Å². The molecule has 1 aromatic carbocycles. The van der Waals surface area contributed by atoms with Crippen LogP contribution in [0.4, 0.5) is 0 Å². The lowest BCUT2D eigenvalue weighted by Gasteiger charge is -2.07. The minimum absolute atomic E-state index is 0.227. The molecule has 1 fully saturated rings. The van der Waals surface area contributed by atoms with Crippen molar-refractivity contribution in [2.45, 2.75) is 26.2 Å². The van der Waals surface area contributed by atoms with E-state index in [2.05, 4.69) is 10.1 Å². The lowest BCUT2D eigenvalue weighted by atomic mass is 10.2. The number of Topliss-reactive ketones (excluding diaryl/α,β-unsaturated/α-hetero) is 1. The summed E-state index contributed by atoms with van der Waals surface area (Å²) in [7, 11) is 0. The summed E-state index contributed by atoms with van der Waals surface area (Å²) in [4.78, 5) is 16.4. The Kier molecular flexibility index (Phi) is 3.33. The molecule has 1 aliphatic rings. The Balaban J connectivity index is 1.64. The molecule has 23 heavy (non-hydrogen) atoms. The Morgan fingerprint density at radius 2 is 2.09 bits per heavy atom. The molecule has 1 aliphatic carbocycles. The molecule has 0 bridgehead atoms. The topological polar surface area (TPSA) is 56.5 Å². The van der Waals surface area contributed by atoms with Crippen molar-refractivity contribution in [3.05, 3.63) is 53.9 Å². The Hall–Kier alpha value is -2.69. The van der Waals surface area contributed by atoms with E-state index in [-0.39, 0.29) is 11.7 Å². The van der Waals surface area contributed by atoms with E-state index < -0.39 is 0 Å². The minimum atomic E-state index is 0.227. The van der Waals surface area contributed by atoms with E-state index in [0.29, 0.717) is 23.8 Å². The van der Waals surface area contributed by atoms with Gasteiger partial charge in [0.1, 0.15) is 11.5 Å². The van der Waals surface area contributed by atoms with Gasteiger partial charge in [0.15, 0.2) is 11.5 Å². The van der Waals surface area contributed by atoms with Gasteiger partial charge in [0.25, 0.3) is 0 Å². The van der Waals surface area contributed by atoms with E-state index in [1.165, 1.54) is 0 Å². The van der Waals surface area contributed by atoms with Crippen LogP contribution < -0.4 is 4.74 Å². The maximum atomic E-state index is 11.9. The van der Waals surface area contributed by atoms with Gasteiger partial charge in [-0.15, -0.1) is 5.10 Å². The number of hydrogen-bond acceptors (Lipinski definition) is 4. The summed E-state index contributed by atoms with van der Waals surface area (Å²) in [5.74, 6) is 2.36. The largest absolute Gasteiger partial charge is 0.439 e.